The molecule has 0 spiro atoms. The molecule has 0 aliphatic rings. The molecule has 0 saturated carbocycles. The van der Waals surface area contributed by atoms with Crippen molar-refractivity contribution in [2.75, 3.05) is 13.2 Å². The number of carboxylic acids is 2. The van der Waals surface area contributed by atoms with Crippen molar-refractivity contribution in [2.45, 2.75) is 32.2 Å². The van der Waals surface area contributed by atoms with Gasteiger partial charge in [0, 0.05) is 6.61 Å². The van der Waals surface area contributed by atoms with Gasteiger partial charge in [-0.05, 0) is 6.42 Å². The SMILES string of the molecule is CCCCOCC(=O)NC(CC(=O)O)C(=O)O. The number of hydrogen-bond acceptors (Lipinski definition) is 4. The fourth-order valence-corrected chi connectivity index (χ4v) is 1.02. The molecule has 7 nitrogen and oxygen atoms in total. The van der Waals surface area contributed by atoms with E-state index >= 15 is 0 Å². The molecule has 3 N–H and O–H groups in total. The van der Waals surface area contributed by atoms with Gasteiger partial charge in [0.1, 0.15) is 12.6 Å². The Morgan fingerprint density at radius 3 is 2.41 bits per heavy atom. The molecule has 17 heavy (non-hydrogen) atoms. The number of rotatable bonds is 9. The van der Waals surface area contributed by atoms with Crippen LogP contribution in [0, 0.1) is 0 Å². The monoisotopic (exact) mass is 247 g/mol. The smallest absolute Gasteiger partial charge is 0.326 e. The highest BCUT2D eigenvalue weighted by Crippen LogP contribution is 1.93. The van der Waals surface area contributed by atoms with E-state index in [0.29, 0.717) is 6.61 Å². The van der Waals surface area contributed by atoms with Crippen LogP contribution in [0.15, 0.2) is 0 Å². The van der Waals surface area contributed by atoms with Crippen LogP contribution < -0.4 is 5.32 Å². The molecular formula is C10H17NO6. The van der Waals surface area contributed by atoms with Gasteiger partial charge in [-0.2, -0.15) is 0 Å². The van der Waals surface area contributed by atoms with Crippen LogP contribution in [0.5, 0.6) is 0 Å². The first kappa shape index (κ1) is 15.4. The van der Waals surface area contributed by atoms with Crippen LogP contribution in [0.4, 0.5) is 0 Å². The van der Waals surface area contributed by atoms with Crippen molar-refractivity contribution in [3.8, 4) is 0 Å². The van der Waals surface area contributed by atoms with Crippen LogP contribution in [-0.2, 0) is 19.1 Å². The lowest BCUT2D eigenvalue weighted by atomic mass is 10.2. The molecule has 0 aromatic heterocycles. The molecule has 1 atom stereocenters. The van der Waals surface area contributed by atoms with Crippen molar-refractivity contribution < 1.29 is 29.3 Å². The first-order chi connectivity index (χ1) is 7.97. The predicted octanol–water partition coefficient (Wildman–Crippen LogP) is -0.153. The maximum Gasteiger partial charge on any atom is 0.326 e. The number of carbonyl (C=O) groups is 3. The molecule has 1 unspecified atom stereocenters. The van der Waals surface area contributed by atoms with Gasteiger partial charge >= 0.3 is 11.9 Å². The van der Waals surface area contributed by atoms with E-state index in [2.05, 4.69) is 5.32 Å². The van der Waals surface area contributed by atoms with Crippen molar-refractivity contribution >= 4 is 17.8 Å². The Kier molecular flexibility index (Phi) is 7.70. The van der Waals surface area contributed by atoms with Crippen LogP contribution in [-0.4, -0.2) is 47.3 Å². The van der Waals surface area contributed by atoms with E-state index in [1.54, 1.807) is 0 Å². The third-order valence-electron chi connectivity index (χ3n) is 1.89. The standard InChI is InChI=1S/C10H17NO6/c1-2-3-4-17-6-8(12)11-7(10(15)16)5-9(13)14/h7H,2-6H2,1H3,(H,11,12)(H,13,14)(H,15,16). The average Bonchev–Trinajstić information content (AvgIpc) is 2.22. The second kappa shape index (κ2) is 8.51. The zero-order valence-corrected chi connectivity index (χ0v) is 9.64. The van der Waals surface area contributed by atoms with E-state index in [1.165, 1.54) is 0 Å². The van der Waals surface area contributed by atoms with E-state index in [-0.39, 0.29) is 6.61 Å². The highest BCUT2D eigenvalue weighted by molar-refractivity contribution is 5.87. The quantitative estimate of drug-likeness (QED) is 0.488. The second-order valence-corrected chi connectivity index (χ2v) is 3.46. The second-order valence-electron chi connectivity index (χ2n) is 3.46. The zero-order chi connectivity index (χ0) is 13.3. The summed E-state index contributed by atoms with van der Waals surface area (Å²) in [5.41, 5.74) is 0. The van der Waals surface area contributed by atoms with Crippen LogP contribution in [0.1, 0.15) is 26.2 Å². The summed E-state index contributed by atoms with van der Waals surface area (Å²) in [7, 11) is 0. The Hall–Kier alpha value is -1.63. The molecule has 0 aliphatic heterocycles. The first-order valence-electron chi connectivity index (χ1n) is 5.29. The normalized spacial score (nSPS) is 11.8. The van der Waals surface area contributed by atoms with E-state index in [9.17, 15) is 14.4 Å². The molecule has 0 heterocycles. The van der Waals surface area contributed by atoms with E-state index < -0.39 is 30.3 Å². The predicted molar refractivity (Wildman–Crippen MR) is 57.5 cm³/mol. The van der Waals surface area contributed by atoms with Crippen molar-refractivity contribution in [3.05, 3.63) is 0 Å². The van der Waals surface area contributed by atoms with Gasteiger partial charge in [0.2, 0.25) is 5.91 Å². The topological polar surface area (TPSA) is 113 Å². The minimum atomic E-state index is -1.42. The minimum absolute atomic E-state index is 0.261. The van der Waals surface area contributed by atoms with Crippen LogP contribution in [0.3, 0.4) is 0 Å². The highest BCUT2D eigenvalue weighted by atomic mass is 16.5. The molecule has 7 heteroatoms. The Morgan fingerprint density at radius 1 is 1.29 bits per heavy atom. The van der Waals surface area contributed by atoms with Gasteiger partial charge < -0.3 is 20.3 Å². The van der Waals surface area contributed by atoms with Gasteiger partial charge in [0.15, 0.2) is 0 Å². The number of carbonyl (C=O) groups excluding carboxylic acids is 1. The third kappa shape index (κ3) is 8.21. The van der Waals surface area contributed by atoms with Crippen molar-refractivity contribution in [2.24, 2.45) is 0 Å². The summed E-state index contributed by atoms with van der Waals surface area (Å²) in [6.45, 7) is 2.13. The van der Waals surface area contributed by atoms with Crippen LogP contribution >= 0.6 is 0 Å². The van der Waals surface area contributed by atoms with Gasteiger partial charge in [0.05, 0.1) is 6.42 Å². The van der Waals surface area contributed by atoms with Crippen molar-refractivity contribution in [1.29, 1.82) is 0 Å². The van der Waals surface area contributed by atoms with Crippen molar-refractivity contribution in [3.63, 3.8) is 0 Å². The molecule has 1 amide bonds. The average molecular weight is 247 g/mol. The Bertz CT molecular complexity index is 278. The van der Waals surface area contributed by atoms with E-state index in [0.717, 1.165) is 12.8 Å². The Labute approximate surface area is 98.8 Å². The molecule has 0 aromatic carbocycles. The lowest BCUT2D eigenvalue weighted by molar-refractivity contribution is -0.147. The van der Waals surface area contributed by atoms with E-state index in [4.69, 9.17) is 14.9 Å². The van der Waals surface area contributed by atoms with Gasteiger partial charge in [-0.15, -0.1) is 0 Å². The number of ether oxygens (including phenoxy) is 1. The van der Waals surface area contributed by atoms with Crippen molar-refractivity contribution in [1.82, 2.24) is 5.32 Å². The Balaban J connectivity index is 3.96. The molecule has 0 saturated heterocycles. The molecule has 0 rings (SSSR count). The summed E-state index contributed by atoms with van der Waals surface area (Å²) in [6, 6.07) is -1.42. The number of nitrogens with one attached hydrogen (secondary N) is 1. The lowest BCUT2D eigenvalue weighted by Gasteiger charge is -2.12. The molecule has 0 aromatic rings. The molecule has 0 fully saturated rings. The number of aliphatic carboxylic acids is 2. The third-order valence-corrected chi connectivity index (χ3v) is 1.89. The van der Waals surface area contributed by atoms with Gasteiger partial charge in [-0.3, -0.25) is 9.59 Å². The molecule has 98 valence electrons. The maximum absolute atomic E-state index is 11.2. The summed E-state index contributed by atoms with van der Waals surface area (Å²) in [6.07, 6.45) is 1.08. The van der Waals surface area contributed by atoms with Gasteiger partial charge in [-0.25, -0.2) is 4.79 Å². The lowest BCUT2D eigenvalue weighted by Crippen LogP contribution is -2.43. The summed E-state index contributed by atoms with van der Waals surface area (Å²) in [5.74, 6) is -3.30. The zero-order valence-electron chi connectivity index (χ0n) is 9.64. The summed E-state index contributed by atoms with van der Waals surface area (Å²) in [4.78, 5) is 32.2. The van der Waals surface area contributed by atoms with Gasteiger partial charge in [0.25, 0.3) is 0 Å². The number of amides is 1. The van der Waals surface area contributed by atoms with Gasteiger partial charge in [-0.1, -0.05) is 13.3 Å². The number of carboxylic acid groups (broad SMARTS) is 2. The van der Waals surface area contributed by atoms with Crippen LogP contribution in [0.2, 0.25) is 0 Å². The van der Waals surface area contributed by atoms with Crippen LogP contribution in [0.25, 0.3) is 0 Å². The van der Waals surface area contributed by atoms with E-state index in [1.807, 2.05) is 6.92 Å². The first-order valence-corrected chi connectivity index (χ1v) is 5.29. The highest BCUT2D eigenvalue weighted by Gasteiger charge is 2.22. The number of hydrogen-bond donors (Lipinski definition) is 3. The minimum Gasteiger partial charge on any atom is -0.481 e. The fourth-order valence-electron chi connectivity index (χ4n) is 1.02. The molecule has 0 bridgehead atoms. The summed E-state index contributed by atoms with van der Waals surface area (Å²) in [5, 5.41) is 19.2. The molecule has 0 radical (unpaired) electrons. The summed E-state index contributed by atoms with van der Waals surface area (Å²) >= 11 is 0. The fraction of sp³-hybridized carbons (Fsp3) is 0.700. The molecule has 0 aliphatic carbocycles. The number of unbranched alkanes of at least 4 members (excludes halogenated alkanes) is 1. The largest absolute Gasteiger partial charge is 0.481 e. The summed E-state index contributed by atoms with van der Waals surface area (Å²) < 4.78 is 4.97. The molecular weight excluding hydrogens is 230 g/mol. The maximum atomic E-state index is 11.2. The Morgan fingerprint density at radius 2 is 1.94 bits per heavy atom.